The van der Waals surface area contributed by atoms with Crippen LogP contribution in [-0.4, -0.2) is 42.1 Å². The summed E-state index contributed by atoms with van der Waals surface area (Å²) in [6.45, 7) is 0.284. The van der Waals surface area contributed by atoms with Crippen molar-refractivity contribution in [1.29, 1.82) is 0 Å². The van der Waals surface area contributed by atoms with Gasteiger partial charge in [-0.2, -0.15) is 4.31 Å². The van der Waals surface area contributed by atoms with Gasteiger partial charge in [0.05, 0.1) is 12.3 Å². The van der Waals surface area contributed by atoms with E-state index in [1.54, 1.807) is 36.7 Å². The third-order valence-electron chi connectivity index (χ3n) is 2.89. The number of sulfonamides is 1. The minimum atomic E-state index is -3.39. The molecule has 114 valence electrons. The summed E-state index contributed by atoms with van der Waals surface area (Å²) in [4.78, 5) is 6.87. The summed E-state index contributed by atoms with van der Waals surface area (Å²) in [7, 11) is -1.88. The molecule has 0 spiro atoms. The second kappa shape index (κ2) is 6.59. The van der Waals surface area contributed by atoms with E-state index in [2.05, 4.69) is 9.97 Å². The summed E-state index contributed by atoms with van der Waals surface area (Å²) < 4.78 is 30.8. The zero-order valence-electron chi connectivity index (χ0n) is 11.7. The molecule has 7 nitrogen and oxygen atoms in total. The van der Waals surface area contributed by atoms with Crippen LogP contribution in [0.4, 0.5) is 5.69 Å². The van der Waals surface area contributed by atoms with E-state index in [1.165, 1.54) is 11.4 Å². The summed E-state index contributed by atoms with van der Waals surface area (Å²) in [5.74, 6) is 1.09. The lowest BCUT2D eigenvalue weighted by atomic mass is 10.3. The predicted molar refractivity (Wildman–Crippen MR) is 80.2 cm³/mol. The molecule has 0 bridgehead atoms. The van der Waals surface area contributed by atoms with E-state index in [0.29, 0.717) is 17.3 Å². The number of nitrogens with two attached hydrogens (primary N) is 1. The Hall–Kier alpha value is -2.06. The number of nitrogens with one attached hydrogen (secondary N) is 1. The topological polar surface area (TPSA) is 101 Å². The normalized spacial score (nSPS) is 11.7. The van der Waals surface area contributed by atoms with Gasteiger partial charge in [-0.25, -0.2) is 13.4 Å². The van der Waals surface area contributed by atoms with E-state index >= 15 is 0 Å². The van der Waals surface area contributed by atoms with Crippen molar-refractivity contribution >= 4 is 15.7 Å². The van der Waals surface area contributed by atoms with E-state index in [9.17, 15) is 8.42 Å². The van der Waals surface area contributed by atoms with Crippen molar-refractivity contribution in [3.8, 4) is 5.75 Å². The fraction of sp³-hybridized carbons (Fsp3) is 0.308. The van der Waals surface area contributed by atoms with E-state index in [4.69, 9.17) is 10.5 Å². The molecule has 1 heterocycles. The zero-order valence-corrected chi connectivity index (χ0v) is 12.5. The van der Waals surface area contributed by atoms with Crippen LogP contribution in [0.5, 0.6) is 5.75 Å². The Bertz CT molecular complexity index is 653. The van der Waals surface area contributed by atoms with Crippen LogP contribution in [0.1, 0.15) is 5.82 Å². The Labute approximate surface area is 123 Å². The lowest BCUT2D eigenvalue weighted by Crippen LogP contribution is -2.31. The van der Waals surface area contributed by atoms with Crippen molar-refractivity contribution in [2.45, 2.75) is 6.54 Å². The van der Waals surface area contributed by atoms with Gasteiger partial charge in [0.15, 0.2) is 0 Å². The maximum atomic E-state index is 12.1. The van der Waals surface area contributed by atoms with Crippen molar-refractivity contribution in [1.82, 2.24) is 14.3 Å². The largest absolute Gasteiger partial charge is 0.492 e. The number of anilines is 1. The molecular weight excluding hydrogens is 292 g/mol. The lowest BCUT2D eigenvalue weighted by Gasteiger charge is -2.16. The molecule has 0 radical (unpaired) electrons. The fourth-order valence-electron chi connectivity index (χ4n) is 1.68. The minimum absolute atomic E-state index is 0.0781. The molecule has 21 heavy (non-hydrogen) atoms. The molecule has 0 amide bonds. The predicted octanol–water partition coefficient (Wildman–Crippen LogP) is 0.832. The second-order valence-corrected chi connectivity index (χ2v) is 6.72. The third-order valence-corrected chi connectivity index (χ3v) is 4.65. The number of H-pyrrole nitrogens is 1. The molecule has 1 aromatic heterocycles. The summed E-state index contributed by atoms with van der Waals surface area (Å²) in [5, 5.41) is 0. The summed E-state index contributed by atoms with van der Waals surface area (Å²) in [6, 6.07) is 6.81. The molecule has 2 aromatic rings. The highest BCUT2D eigenvalue weighted by Gasteiger charge is 2.18. The van der Waals surface area contributed by atoms with Crippen LogP contribution in [0.15, 0.2) is 36.7 Å². The molecule has 8 heteroatoms. The third kappa shape index (κ3) is 4.47. The molecule has 0 atom stereocenters. The quantitative estimate of drug-likeness (QED) is 0.738. The first-order valence-electron chi connectivity index (χ1n) is 6.38. The second-order valence-electron chi connectivity index (χ2n) is 4.53. The Morgan fingerprint density at radius 3 is 2.67 bits per heavy atom. The molecule has 2 rings (SSSR count). The number of aromatic nitrogens is 2. The molecule has 1 aromatic carbocycles. The highest BCUT2D eigenvalue weighted by atomic mass is 32.2. The van der Waals surface area contributed by atoms with Gasteiger partial charge in [-0.05, 0) is 24.3 Å². The number of nitrogen functional groups attached to an aromatic ring is 1. The molecule has 0 saturated heterocycles. The zero-order chi connectivity index (χ0) is 15.3. The van der Waals surface area contributed by atoms with Crippen molar-refractivity contribution < 1.29 is 13.2 Å². The van der Waals surface area contributed by atoms with Crippen molar-refractivity contribution in [2.24, 2.45) is 0 Å². The van der Waals surface area contributed by atoms with Crippen molar-refractivity contribution in [3.63, 3.8) is 0 Å². The number of rotatable bonds is 7. The molecule has 0 unspecified atom stereocenters. The van der Waals surface area contributed by atoms with Gasteiger partial charge in [-0.1, -0.05) is 0 Å². The van der Waals surface area contributed by atoms with E-state index in [0.717, 1.165) is 0 Å². The van der Waals surface area contributed by atoms with Gasteiger partial charge < -0.3 is 15.5 Å². The van der Waals surface area contributed by atoms with Crippen molar-refractivity contribution in [2.75, 3.05) is 25.1 Å². The Morgan fingerprint density at radius 2 is 2.05 bits per heavy atom. The van der Waals surface area contributed by atoms with E-state index in [-0.39, 0.29) is 18.9 Å². The number of ether oxygens (including phenoxy) is 1. The van der Waals surface area contributed by atoms with Gasteiger partial charge in [0, 0.05) is 25.1 Å². The number of nitrogens with zero attached hydrogens (tertiary/aromatic N) is 2. The Morgan fingerprint density at radius 1 is 1.33 bits per heavy atom. The van der Waals surface area contributed by atoms with E-state index < -0.39 is 10.0 Å². The maximum absolute atomic E-state index is 12.1. The minimum Gasteiger partial charge on any atom is -0.492 e. The van der Waals surface area contributed by atoms with Gasteiger partial charge in [-0.3, -0.25) is 0 Å². The van der Waals surface area contributed by atoms with Gasteiger partial charge in [-0.15, -0.1) is 0 Å². The summed E-state index contributed by atoms with van der Waals surface area (Å²) >= 11 is 0. The average molecular weight is 310 g/mol. The Balaban J connectivity index is 1.84. The Kier molecular flexibility index (Phi) is 4.81. The molecule has 0 fully saturated rings. The molecule has 0 aliphatic rings. The first-order chi connectivity index (χ1) is 9.97. The van der Waals surface area contributed by atoms with Gasteiger partial charge in [0.2, 0.25) is 10.0 Å². The van der Waals surface area contributed by atoms with Gasteiger partial charge in [0.1, 0.15) is 18.2 Å². The lowest BCUT2D eigenvalue weighted by molar-refractivity contribution is 0.336. The number of benzene rings is 1. The van der Waals surface area contributed by atoms with Crippen LogP contribution >= 0.6 is 0 Å². The first-order valence-corrected chi connectivity index (χ1v) is 7.99. The molecular formula is C13H18N4O3S. The van der Waals surface area contributed by atoms with Crippen LogP contribution in [0.25, 0.3) is 0 Å². The van der Waals surface area contributed by atoms with Gasteiger partial charge >= 0.3 is 0 Å². The standard InChI is InChI=1S/C13H18N4O3S/c1-17(10-13-15-6-7-16-13)21(18,19)9-8-20-12-4-2-11(14)3-5-12/h2-7H,8-10,14H2,1H3,(H,15,16). The monoisotopic (exact) mass is 310 g/mol. The summed E-state index contributed by atoms with van der Waals surface area (Å²) in [6.07, 6.45) is 3.24. The number of hydrogen-bond donors (Lipinski definition) is 2. The van der Waals surface area contributed by atoms with Crippen LogP contribution in [-0.2, 0) is 16.6 Å². The SMILES string of the molecule is CN(Cc1ncc[nH]1)S(=O)(=O)CCOc1ccc(N)cc1. The van der Waals surface area contributed by atoms with E-state index in [1.807, 2.05) is 0 Å². The van der Waals surface area contributed by atoms with Crippen LogP contribution in [0.3, 0.4) is 0 Å². The van der Waals surface area contributed by atoms with Crippen LogP contribution in [0.2, 0.25) is 0 Å². The highest BCUT2D eigenvalue weighted by Crippen LogP contribution is 2.13. The highest BCUT2D eigenvalue weighted by molar-refractivity contribution is 7.89. The number of hydrogen-bond acceptors (Lipinski definition) is 5. The molecule has 0 aliphatic carbocycles. The number of aromatic amines is 1. The average Bonchev–Trinajstić information content (AvgIpc) is 2.94. The molecule has 0 saturated carbocycles. The molecule has 3 N–H and O–H groups in total. The van der Waals surface area contributed by atoms with Crippen molar-refractivity contribution in [3.05, 3.63) is 42.5 Å². The van der Waals surface area contributed by atoms with Crippen LogP contribution in [0, 0.1) is 0 Å². The summed E-state index contributed by atoms with van der Waals surface area (Å²) in [5.41, 5.74) is 6.19. The number of imidazole rings is 1. The van der Waals surface area contributed by atoms with Gasteiger partial charge in [0.25, 0.3) is 0 Å². The fourth-order valence-corrected chi connectivity index (χ4v) is 2.60. The first kappa shape index (κ1) is 15.3. The smallest absolute Gasteiger partial charge is 0.217 e. The molecule has 0 aliphatic heterocycles. The maximum Gasteiger partial charge on any atom is 0.217 e. The van der Waals surface area contributed by atoms with Crippen LogP contribution < -0.4 is 10.5 Å².